The van der Waals surface area contributed by atoms with Crippen LogP contribution >= 0.6 is 11.6 Å². The molecule has 2 aliphatic heterocycles. The lowest BCUT2D eigenvalue weighted by Gasteiger charge is -2.38. The Labute approximate surface area is 196 Å². The fourth-order valence-corrected chi connectivity index (χ4v) is 4.58. The number of methoxy groups -OCH3 is 3. The van der Waals surface area contributed by atoms with Crippen molar-refractivity contribution in [2.75, 3.05) is 21.3 Å². The standard InChI is InChI=1S/C25H23ClN2O5/c1-30-22-10-14(11-23(31-2)24(22)32-3)25-28-19(17-12-15(26)8-9-21(17)33-25)13-18(27-28)16-6-4-5-7-20(16)29/h4-12,19,25,29H,13H2,1-3H3/t19-,25-/m1/s1. The molecule has 0 unspecified atom stereocenters. The minimum absolute atomic E-state index is 0.119. The van der Waals surface area contributed by atoms with E-state index in [4.69, 9.17) is 35.6 Å². The van der Waals surface area contributed by atoms with Crippen LogP contribution < -0.4 is 18.9 Å². The summed E-state index contributed by atoms with van der Waals surface area (Å²) in [6, 6.07) is 16.4. The summed E-state index contributed by atoms with van der Waals surface area (Å²) in [4.78, 5) is 0. The Morgan fingerprint density at radius 3 is 2.39 bits per heavy atom. The number of benzene rings is 3. The number of fused-ring (bicyclic) bond motifs is 3. The second-order valence-electron chi connectivity index (χ2n) is 7.77. The van der Waals surface area contributed by atoms with E-state index in [0.717, 1.165) is 22.6 Å². The van der Waals surface area contributed by atoms with Gasteiger partial charge in [0.2, 0.25) is 12.0 Å². The van der Waals surface area contributed by atoms with Crippen LogP contribution in [0.15, 0.2) is 59.7 Å². The van der Waals surface area contributed by atoms with Crippen LogP contribution in [-0.2, 0) is 0 Å². The number of para-hydroxylation sites is 1. The molecule has 0 saturated heterocycles. The number of halogens is 1. The molecule has 0 saturated carbocycles. The van der Waals surface area contributed by atoms with Crippen LogP contribution in [0, 0.1) is 0 Å². The number of rotatable bonds is 5. The molecule has 2 heterocycles. The van der Waals surface area contributed by atoms with Crippen LogP contribution in [0.4, 0.5) is 0 Å². The molecule has 3 aromatic rings. The van der Waals surface area contributed by atoms with E-state index in [1.165, 1.54) is 0 Å². The largest absolute Gasteiger partial charge is 0.507 e. The molecule has 0 spiro atoms. The van der Waals surface area contributed by atoms with Crippen molar-refractivity contribution in [2.24, 2.45) is 5.10 Å². The fraction of sp³-hybridized carbons (Fsp3) is 0.240. The number of phenols is 1. The Kier molecular flexibility index (Phi) is 5.42. The van der Waals surface area contributed by atoms with Gasteiger partial charge in [0.05, 0.1) is 33.1 Å². The minimum atomic E-state index is -0.555. The van der Waals surface area contributed by atoms with E-state index in [2.05, 4.69) is 0 Å². The van der Waals surface area contributed by atoms with Gasteiger partial charge in [-0.1, -0.05) is 23.7 Å². The second kappa shape index (κ2) is 8.41. The van der Waals surface area contributed by atoms with Crippen LogP contribution in [0.1, 0.15) is 35.4 Å². The lowest BCUT2D eigenvalue weighted by atomic mass is 9.95. The van der Waals surface area contributed by atoms with Crippen molar-refractivity contribution in [1.29, 1.82) is 0 Å². The highest BCUT2D eigenvalue weighted by atomic mass is 35.5. The number of ether oxygens (including phenoxy) is 4. The summed E-state index contributed by atoms with van der Waals surface area (Å²) in [6.07, 6.45) is 0.0376. The molecule has 5 rings (SSSR count). The van der Waals surface area contributed by atoms with Crippen molar-refractivity contribution in [2.45, 2.75) is 18.7 Å². The quantitative estimate of drug-likeness (QED) is 0.549. The molecule has 1 N–H and O–H groups in total. The fourth-order valence-electron chi connectivity index (χ4n) is 4.40. The molecular weight excluding hydrogens is 444 g/mol. The van der Waals surface area contributed by atoms with Crippen molar-refractivity contribution in [3.63, 3.8) is 0 Å². The summed E-state index contributed by atoms with van der Waals surface area (Å²) >= 11 is 6.31. The topological polar surface area (TPSA) is 72.8 Å². The van der Waals surface area contributed by atoms with Crippen molar-refractivity contribution in [3.8, 4) is 28.7 Å². The van der Waals surface area contributed by atoms with E-state index < -0.39 is 6.23 Å². The van der Waals surface area contributed by atoms with Crippen molar-refractivity contribution in [1.82, 2.24) is 5.01 Å². The third kappa shape index (κ3) is 3.58. The Morgan fingerprint density at radius 1 is 1.00 bits per heavy atom. The molecule has 7 nitrogen and oxygen atoms in total. The van der Waals surface area contributed by atoms with E-state index in [9.17, 15) is 5.11 Å². The van der Waals surface area contributed by atoms with E-state index in [1.54, 1.807) is 33.5 Å². The third-order valence-electron chi connectivity index (χ3n) is 5.94. The van der Waals surface area contributed by atoms with Gasteiger partial charge in [-0.15, -0.1) is 0 Å². The van der Waals surface area contributed by atoms with Gasteiger partial charge >= 0.3 is 0 Å². The molecule has 33 heavy (non-hydrogen) atoms. The van der Waals surface area contributed by atoms with Crippen molar-refractivity contribution in [3.05, 3.63) is 76.3 Å². The molecule has 2 aliphatic rings. The van der Waals surface area contributed by atoms with E-state index in [1.807, 2.05) is 47.5 Å². The average molecular weight is 467 g/mol. The summed E-state index contributed by atoms with van der Waals surface area (Å²) in [5.74, 6) is 2.47. The molecule has 170 valence electrons. The van der Waals surface area contributed by atoms with Gasteiger partial charge in [0, 0.05) is 28.1 Å². The van der Waals surface area contributed by atoms with Gasteiger partial charge in [0.1, 0.15) is 11.5 Å². The minimum Gasteiger partial charge on any atom is -0.507 e. The first-order valence-electron chi connectivity index (χ1n) is 10.4. The highest BCUT2D eigenvalue weighted by molar-refractivity contribution is 6.30. The first-order chi connectivity index (χ1) is 16.0. The molecular formula is C25H23ClN2O5. The van der Waals surface area contributed by atoms with Gasteiger partial charge in [0.15, 0.2) is 11.5 Å². The molecule has 2 atom stereocenters. The summed E-state index contributed by atoms with van der Waals surface area (Å²) < 4.78 is 23.0. The normalized spacial score (nSPS) is 18.7. The van der Waals surface area contributed by atoms with Gasteiger partial charge < -0.3 is 24.1 Å². The molecule has 0 bridgehead atoms. The number of hydrazone groups is 1. The van der Waals surface area contributed by atoms with Crippen LogP contribution in [-0.4, -0.2) is 37.2 Å². The summed E-state index contributed by atoms with van der Waals surface area (Å²) in [6.45, 7) is 0. The van der Waals surface area contributed by atoms with Gasteiger partial charge in [-0.2, -0.15) is 5.10 Å². The molecule has 8 heteroatoms. The number of hydrogen-bond donors (Lipinski definition) is 1. The van der Waals surface area contributed by atoms with Gasteiger partial charge in [0.25, 0.3) is 0 Å². The third-order valence-corrected chi connectivity index (χ3v) is 6.17. The molecule has 0 amide bonds. The zero-order valence-electron chi connectivity index (χ0n) is 18.4. The van der Waals surface area contributed by atoms with E-state index in [-0.39, 0.29) is 11.8 Å². The number of phenolic OH excluding ortho intramolecular Hbond substituents is 1. The number of hydrogen-bond acceptors (Lipinski definition) is 7. The predicted octanol–water partition coefficient (Wildman–Crippen LogP) is 5.31. The molecule has 0 aliphatic carbocycles. The van der Waals surface area contributed by atoms with Crippen molar-refractivity contribution < 1.29 is 24.1 Å². The maximum atomic E-state index is 10.4. The summed E-state index contributed by atoms with van der Waals surface area (Å²) in [5.41, 5.74) is 3.20. The van der Waals surface area contributed by atoms with Crippen LogP contribution in [0.25, 0.3) is 0 Å². The van der Waals surface area contributed by atoms with Gasteiger partial charge in [-0.05, 0) is 42.5 Å². The second-order valence-corrected chi connectivity index (χ2v) is 8.21. The van der Waals surface area contributed by atoms with Crippen molar-refractivity contribution >= 4 is 17.3 Å². The highest BCUT2D eigenvalue weighted by Gasteiger charge is 2.42. The average Bonchev–Trinajstić information content (AvgIpc) is 3.28. The highest BCUT2D eigenvalue weighted by Crippen LogP contribution is 2.50. The maximum Gasteiger partial charge on any atom is 0.214 e. The van der Waals surface area contributed by atoms with E-state index >= 15 is 0 Å². The molecule has 0 fully saturated rings. The Bertz CT molecular complexity index is 1220. The first-order valence-corrected chi connectivity index (χ1v) is 10.8. The van der Waals surface area contributed by atoms with Crippen LogP contribution in [0.5, 0.6) is 28.7 Å². The molecule has 0 radical (unpaired) electrons. The first kappa shape index (κ1) is 21.3. The number of nitrogens with zero attached hydrogens (tertiary/aromatic N) is 2. The lowest BCUT2D eigenvalue weighted by Crippen LogP contribution is -2.33. The monoisotopic (exact) mass is 466 g/mol. The summed E-state index contributed by atoms with van der Waals surface area (Å²) in [5, 5.41) is 17.8. The van der Waals surface area contributed by atoms with Gasteiger partial charge in [-0.25, -0.2) is 5.01 Å². The van der Waals surface area contributed by atoms with Crippen LogP contribution in [0.2, 0.25) is 5.02 Å². The maximum absolute atomic E-state index is 10.4. The summed E-state index contributed by atoms with van der Waals surface area (Å²) in [7, 11) is 4.72. The smallest absolute Gasteiger partial charge is 0.214 e. The Morgan fingerprint density at radius 2 is 1.73 bits per heavy atom. The Hall–Kier alpha value is -3.58. The zero-order valence-corrected chi connectivity index (χ0v) is 19.2. The SMILES string of the molecule is COc1cc([C@H]2Oc3ccc(Cl)cc3[C@H]3CC(c4ccccc4O)=NN32)cc(OC)c1OC. The van der Waals surface area contributed by atoms with Crippen LogP contribution in [0.3, 0.4) is 0 Å². The lowest BCUT2D eigenvalue weighted by molar-refractivity contribution is -0.0192. The van der Waals surface area contributed by atoms with Gasteiger partial charge in [-0.3, -0.25) is 0 Å². The Balaban J connectivity index is 1.65. The van der Waals surface area contributed by atoms with E-state index in [0.29, 0.717) is 34.3 Å². The number of aromatic hydroxyl groups is 1. The molecule has 0 aromatic heterocycles. The molecule has 3 aromatic carbocycles. The zero-order chi connectivity index (χ0) is 23.1. The predicted molar refractivity (Wildman–Crippen MR) is 125 cm³/mol.